The van der Waals surface area contributed by atoms with Crippen LogP contribution in [0.3, 0.4) is 0 Å². The standard InChI is InChI=1S/C27H23ClFN5O4/c1-13-9-24-31-22(25(35)30-12-15-3-7-20(29)19(28)10-15)11-23(34(24)33-13)26(36)32-21-8-6-16-14(2)17(27(37)38)4-5-18(16)21/h3-5,7,9-11,21H,6,8,12H2,1-2H3,(H,30,35)(H,32,36)(H,37,38)/t21-/m0/s1. The average molecular weight is 536 g/mol. The molecule has 1 aliphatic carbocycles. The molecule has 11 heteroatoms. The van der Waals surface area contributed by atoms with Gasteiger partial charge in [0.05, 0.1) is 22.3 Å². The van der Waals surface area contributed by atoms with Crippen molar-refractivity contribution >= 4 is 35.0 Å². The summed E-state index contributed by atoms with van der Waals surface area (Å²) in [5, 5.41) is 19.4. The van der Waals surface area contributed by atoms with Crippen LogP contribution in [0.2, 0.25) is 5.02 Å². The third-order valence-electron chi connectivity index (χ3n) is 6.68. The average Bonchev–Trinajstić information content (AvgIpc) is 3.46. The summed E-state index contributed by atoms with van der Waals surface area (Å²) in [4.78, 5) is 42.2. The van der Waals surface area contributed by atoms with Gasteiger partial charge >= 0.3 is 5.97 Å². The van der Waals surface area contributed by atoms with Crippen LogP contribution in [-0.4, -0.2) is 37.5 Å². The topological polar surface area (TPSA) is 126 Å². The molecule has 194 valence electrons. The SMILES string of the molecule is Cc1cc2nc(C(=O)NCc3ccc(F)c(Cl)c3)cc(C(=O)N[C@H]3CCc4c3ccc(C(=O)O)c4C)n2n1. The van der Waals surface area contributed by atoms with Crippen molar-refractivity contribution in [2.24, 2.45) is 0 Å². The van der Waals surface area contributed by atoms with E-state index in [0.717, 1.165) is 11.1 Å². The lowest BCUT2D eigenvalue weighted by atomic mass is 9.98. The van der Waals surface area contributed by atoms with Crippen LogP contribution in [0.1, 0.15) is 71.7 Å². The highest BCUT2D eigenvalue weighted by molar-refractivity contribution is 6.30. The highest BCUT2D eigenvalue weighted by Crippen LogP contribution is 2.35. The van der Waals surface area contributed by atoms with Crippen molar-refractivity contribution < 1.29 is 23.9 Å². The first-order valence-corrected chi connectivity index (χ1v) is 12.3. The zero-order valence-corrected chi connectivity index (χ0v) is 21.3. The third-order valence-corrected chi connectivity index (χ3v) is 6.97. The van der Waals surface area contributed by atoms with Gasteiger partial charge in [-0.25, -0.2) is 18.7 Å². The van der Waals surface area contributed by atoms with E-state index in [4.69, 9.17) is 11.6 Å². The van der Waals surface area contributed by atoms with Gasteiger partial charge in [-0.2, -0.15) is 5.10 Å². The molecule has 2 aromatic heterocycles. The summed E-state index contributed by atoms with van der Waals surface area (Å²) in [5.74, 6) is -2.51. The van der Waals surface area contributed by atoms with Crippen molar-refractivity contribution in [1.29, 1.82) is 0 Å². The number of carboxylic acid groups (broad SMARTS) is 1. The quantitative estimate of drug-likeness (QED) is 0.340. The van der Waals surface area contributed by atoms with Crippen molar-refractivity contribution in [3.05, 3.63) is 98.2 Å². The maximum Gasteiger partial charge on any atom is 0.335 e. The van der Waals surface area contributed by atoms with E-state index in [2.05, 4.69) is 20.7 Å². The summed E-state index contributed by atoms with van der Waals surface area (Å²) in [5.41, 5.74) is 4.44. The van der Waals surface area contributed by atoms with Gasteiger partial charge in [-0.05, 0) is 67.1 Å². The number of benzene rings is 2. The molecule has 3 N–H and O–H groups in total. The summed E-state index contributed by atoms with van der Waals surface area (Å²) in [6.07, 6.45) is 1.26. The number of halogens is 2. The number of nitrogens with zero attached hydrogens (tertiary/aromatic N) is 3. The van der Waals surface area contributed by atoms with Gasteiger partial charge < -0.3 is 15.7 Å². The largest absolute Gasteiger partial charge is 0.478 e. The molecular weight excluding hydrogens is 513 g/mol. The molecule has 0 aliphatic heterocycles. The normalized spacial score (nSPS) is 14.4. The Kier molecular flexibility index (Phi) is 6.58. The fourth-order valence-corrected chi connectivity index (χ4v) is 4.99. The number of carbonyl (C=O) groups excluding carboxylic acids is 2. The van der Waals surface area contributed by atoms with Crippen molar-refractivity contribution in [3.8, 4) is 0 Å². The molecular formula is C27H23ClFN5O4. The number of carboxylic acids is 1. The Balaban J connectivity index is 1.40. The van der Waals surface area contributed by atoms with Crippen LogP contribution in [0.4, 0.5) is 4.39 Å². The second kappa shape index (κ2) is 9.86. The Morgan fingerprint density at radius 1 is 1.13 bits per heavy atom. The highest BCUT2D eigenvalue weighted by atomic mass is 35.5. The Morgan fingerprint density at radius 2 is 1.92 bits per heavy atom. The van der Waals surface area contributed by atoms with E-state index in [9.17, 15) is 23.9 Å². The molecule has 0 unspecified atom stereocenters. The number of hydrogen-bond acceptors (Lipinski definition) is 5. The van der Waals surface area contributed by atoms with E-state index in [0.29, 0.717) is 35.3 Å². The summed E-state index contributed by atoms with van der Waals surface area (Å²) in [7, 11) is 0. The van der Waals surface area contributed by atoms with Crippen molar-refractivity contribution in [2.45, 2.75) is 39.3 Å². The van der Waals surface area contributed by atoms with E-state index in [1.165, 1.54) is 28.8 Å². The Hall–Kier alpha value is -4.31. The molecule has 0 radical (unpaired) electrons. The van der Waals surface area contributed by atoms with Gasteiger partial charge in [0, 0.05) is 18.7 Å². The molecule has 4 aromatic rings. The van der Waals surface area contributed by atoms with Crippen LogP contribution in [0.5, 0.6) is 0 Å². The minimum absolute atomic E-state index is 0.0181. The van der Waals surface area contributed by atoms with Crippen molar-refractivity contribution in [3.63, 3.8) is 0 Å². The lowest BCUT2D eigenvalue weighted by Crippen LogP contribution is -2.30. The zero-order chi connectivity index (χ0) is 27.1. The second-order valence-electron chi connectivity index (χ2n) is 9.19. The first-order chi connectivity index (χ1) is 18.1. The molecule has 0 fully saturated rings. The molecule has 5 rings (SSSR count). The Labute approximate surface area is 221 Å². The summed E-state index contributed by atoms with van der Waals surface area (Å²) < 4.78 is 14.8. The molecule has 0 saturated carbocycles. The number of fused-ring (bicyclic) bond motifs is 2. The van der Waals surface area contributed by atoms with E-state index in [-0.39, 0.29) is 34.6 Å². The molecule has 0 spiro atoms. The maximum absolute atomic E-state index is 13.4. The van der Waals surface area contributed by atoms with Gasteiger partial charge in [-0.15, -0.1) is 0 Å². The van der Waals surface area contributed by atoms with E-state index < -0.39 is 23.6 Å². The molecule has 2 amide bonds. The molecule has 2 heterocycles. The molecule has 0 saturated heterocycles. The molecule has 9 nitrogen and oxygen atoms in total. The van der Waals surface area contributed by atoms with Crippen LogP contribution in [-0.2, 0) is 13.0 Å². The smallest absolute Gasteiger partial charge is 0.335 e. The predicted molar refractivity (Wildman–Crippen MR) is 137 cm³/mol. The van der Waals surface area contributed by atoms with Gasteiger partial charge in [-0.1, -0.05) is 23.7 Å². The number of aryl methyl sites for hydroxylation is 1. The molecule has 0 bridgehead atoms. The van der Waals surface area contributed by atoms with E-state index >= 15 is 0 Å². The minimum Gasteiger partial charge on any atom is -0.478 e. The number of hydrogen-bond donors (Lipinski definition) is 3. The third kappa shape index (κ3) is 4.70. The van der Waals surface area contributed by atoms with E-state index in [1.807, 2.05) is 0 Å². The van der Waals surface area contributed by atoms with Crippen LogP contribution in [0.15, 0.2) is 42.5 Å². The highest BCUT2D eigenvalue weighted by Gasteiger charge is 2.29. The first-order valence-electron chi connectivity index (χ1n) is 11.9. The minimum atomic E-state index is -0.987. The van der Waals surface area contributed by atoms with Gasteiger partial charge in [0.1, 0.15) is 17.2 Å². The van der Waals surface area contributed by atoms with Crippen LogP contribution >= 0.6 is 11.6 Å². The predicted octanol–water partition coefficient (Wildman–Crippen LogP) is 4.18. The van der Waals surface area contributed by atoms with Crippen LogP contribution in [0, 0.1) is 19.7 Å². The lowest BCUT2D eigenvalue weighted by molar-refractivity contribution is 0.0695. The van der Waals surface area contributed by atoms with Crippen molar-refractivity contribution in [1.82, 2.24) is 25.2 Å². The lowest BCUT2D eigenvalue weighted by Gasteiger charge is -2.16. The maximum atomic E-state index is 13.4. The van der Waals surface area contributed by atoms with Crippen LogP contribution < -0.4 is 10.6 Å². The Bertz CT molecular complexity index is 1630. The second-order valence-corrected chi connectivity index (χ2v) is 9.60. The summed E-state index contributed by atoms with van der Waals surface area (Å²) in [6, 6.07) is 10.2. The molecule has 1 aliphatic rings. The first kappa shape index (κ1) is 25.3. The fraction of sp³-hybridized carbons (Fsp3) is 0.222. The Morgan fingerprint density at radius 3 is 2.66 bits per heavy atom. The monoisotopic (exact) mass is 535 g/mol. The van der Waals surface area contributed by atoms with Gasteiger partial charge in [0.15, 0.2) is 5.65 Å². The molecule has 1 atom stereocenters. The number of rotatable bonds is 6. The number of aromatic nitrogens is 3. The van der Waals surface area contributed by atoms with Gasteiger partial charge in [0.25, 0.3) is 11.8 Å². The number of nitrogens with one attached hydrogen (secondary N) is 2. The number of aromatic carboxylic acids is 1. The van der Waals surface area contributed by atoms with Crippen LogP contribution in [0.25, 0.3) is 5.65 Å². The van der Waals surface area contributed by atoms with Crippen molar-refractivity contribution in [2.75, 3.05) is 0 Å². The number of carbonyl (C=O) groups is 3. The fourth-order valence-electron chi connectivity index (χ4n) is 4.78. The van der Waals surface area contributed by atoms with Gasteiger partial charge in [0.2, 0.25) is 0 Å². The summed E-state index contributed by atoms with van der Waals surface area (Å²) >= 11 is 5.82. The van der Waals surface area contributed by atoms with Gasteiger partial charge in [-0.3, -0.25) is 9.59 Å². The zero-order valence-electron chi connectivity index (χ0n) is 20.5. The molecule has 38 heavy (non-hydrogen) atoms. The number of amides is 2. The van der Waals surface area contributed by atoms with E-state index in [1.54, 1.807) is 32.0 Å². The summed E-state index contributed by atoms with van der Waals surface area (Å²) in [6.45, 7) is 3.61. The molecule has 2 aromatic carbocycles.